The number of carbonyl (C=O) groups excluding carboxylic acids is 1. The van der Waals surface area contributed by atoms with Gasteiger partial charge in [0.25, 0.3) is 0 Å². The van der Waals surface area contributed by atoms with E-state index in [0.717, 1.165) is 28.5 Å². The second-order valence-corrected chi connectivity index (χ2v) is 4.96. The van der Waals surface area contributed by atoms with Gasteiger partial charge in [0.1, 0.15) is 5.75 Å². The van der Waals surface area contributed by atoms with Crippen molar-refractivity contribution in [2.75, 3.05) is 19.2 Å². The summed E-state index contributed by atoms with van der Waals surface area (Å²) in [5.74, 6) is 2.24. The first-order valence-corrected chi connectivity index (χ1v) is 7.07. The van der Waals surface area contributed by atoms with Crippen LogP contribution in [-0.4, -0.2) is 19.8 Å². The number of amides is 1. The van der Waals surface area contributed by atoms with E-state index >= 15 is 0 Å². The molecule has 114 valence electrons. The fraction of sp³-hybridized carbons (Fsp3) is 0.235. The molecule has 0 atom stereocenters. The van der Waals surface area contributed by atoms with Gasteiger partial charge in [-0.15, -0.1) is 0 Å². The third-order valence-corrected chi connectivity index (χ3v) is 3.45. The number of hydrogen-bond acceptors (Lipinski definition) is 4. The summed E-state index contributed by atoms with van der Waals surface area (Å²) in [6, 6.07) is 13.0. The molecule has 0 aliphatic carbocycles. The van der Waals surface area contributed by atoms with Crippen LogP contribution in [0.5, 0.6) is 17.2 Å². The van der Waals surface area contributed by atoms with Gasteiger partial charge in [-0.05, 0) is 48.4 Å². The molecule has 0 unspecified atom stereocenters. The van der Waals surface area contributed by atoms with Gasteiger partial charge in [-0.2, -0.15) is 0 Å². The van der Waals surface area contributed by atoms with Gasteiger partial charge in [0.15, 0.2) is 11.5 Å². The lowest BCUT2D eigenvalue weighted by Crippen LogP contribution is -2.12. The minimum Gasteiger partial charge on any atom is -0.497 e. The van der Waals surface area contributed by atoms with Gasteiger partial charge >= 0.3 is 0 Å². The smallest absolute Gasteiger partial charge is 0.231 e. The molecule has 0 bridgehead atoms. The Morgan fingerprint density at radius 3 is 2.68 bits per heavy atom. The van der Waals surface area contributed by atoms with Crippen LogP contribution in [0.25, 0.3) is 0 Å². The number of ether oxygens (including phenoxy) is 3. The summed E-state index contributed by atoms with van der Waals surface area (Å²) in [6.07, 6.45) is 1.06. The molecule has 0 radical (unpaired) electrons. The van der Waals surface area contributed by atoms with Crippen LogP contribution in [0, 0.1) is 0 Å². The highest BCUT2D eigenvalue weighted by atomic mass is 16.7. The van der Waals surface area contributed by atoms with Crippen molar-refractivity contribution in [3.8, 4) is 17.2 Å². The predicted octanol–water partition coefficient (Wildman–Crippen LogP) is 3.00. The van der Waals surface area contributed by atoms with Gasteiger partial charge < -0.3 is 19.5 Å². The van der Waals surface area contributed by atoms with Gasteiger partial charge in [0.2, 0.25) is 12.7 Å². The van der Waals surface area contributed by atoms with Crippen LogP contribution in [0.4, 0.5) is 5.69 Å². The molecule has 1 aliphatic heterocycles. The largest absolute Gasteiger partial charge is 0.497 e. The lowest BCUT2D eigenvalue weighted by atomic mass is 10.1. The third kappa shape index (κ3) is 3.31. The van der Waals surface area contributed by atoms with Crippen LogP contribution >= 0.6 is 0 Å². The summed E-state index contributed by atoms with van der Waals surface area (Å²) in [7, 11) is 1.61. The molecule has 1 N–H and O–H groups in total. The first kappa shape index (κ1) is 14.3. The number of rotatable bonds is 5. The predicted molar refractivity (Wildman–Crippen MR) is 82.5 cm³/mol. The first-order valence-electron chi connectivity index (χ1n) is 7.07. The van der Waals surface area contributed by atoms with Crippen LogP contribution in [-0.2, 0) is 11.2 Å². The van der Waals surface area contributed by atoms with E-state index in [1.54, 1.807) is 7.11 Å². The Labute approximate surface area is 128 Å². The minimum absolute atomic E-state index is 0.0252. The van der Waals surface area contributed by atoms with Crippen molar-refractivity contribution in [3.63, 3.8) is 0 Å². The highest BCUT2D eigenvalue weighted by Gasteiger charge is 2.13. The second kappa shape index (κ2) is 6.39. The average molecular weight is 299 g/mol. The zero-order valence-electron chi connectivity index (χ0n) is 12.3. The van der Waals surface area contributed by atoms with E-state index in [0.29, 0.717) is 12.8 Å². The third-order valence-electron chi connectivity index (χ3n) is 3.45. The minimum atomic E-state index is -0.0252. The molecular formula is C17H17NO4. The number of anilines is 1. The number of fused-ring (bicyclic) bond motifs is 1. The average Bonchev–Trinajstić information content (AvgIpc) is 3.01. The molecule has 3 rings (SSSR count). The molecule has 2 aromatic carbocycles. The molecule has 0 fully saturated rings. The molecule has 1 amide bonds. The maximum atomic E-state index is 12.0. The number of carbonyl (C=O) groups is 1. The maximum absolute atomic E-state index is 12.0. The van der Waals surface area contributed by atoms with Crippen LogP contribution in [0.2, 0.25) is 0 Å². The molecular weight excluding hydrogens is 282 g/mol. The molecule has 22 heavy (non-hydrogen) atoms. The summed E-state index contributed by atoms with van der Waals surface area (Å²) in [5, 5.41) is 2.87. The Balaban J connectivity index is 1.53. The lowest BCUT2D eigenvalue weighted by Gasteiger charge is -2.07. The Kier molecular flexibility index (Phi) is 4.14. The molecule has 2 aromatic rings. The Bertz CT molecular complexity index is 667. The zero-order valence-corrected chi connectivity index (χ0v) is 12.3. The SMILES string of the molecule is COc1ccc(NC(=O)CCc2ccc3c(c2)OCO3)cc1. The first-order chi connectivity index (χ1) is 10.7. The van der Waals surface area contributed by atoms with Crippen molar-refractivity contribution in [1.29, 1.82) is 0 Å². The van der Waals surface area contributed by atoms with E-state index in [9.17, 15) is 4.79 Å². The highest BCUT2D eigenvalue weighted by Crippen LogP contribution is 2.32. The summed E-state index contributed by atoms with van der Waals surface area (Å²) in [4.78, 5) is 12.0. The molecule has 0 spiro atoms. The van der Waals surface area contributed by atoms with Crippen molar-refractivity contribution in [1.82, 2.24) is 0 Å². The summed E-state index contributed by atoms with van der Waals surface area (Å²) in [6.45, 7) is 0.261. The number of nitrogens with one attached hydrogen (secondary N) is 1. The number of hydrogen-bond donors (Lipinski definition) is 1. The summed E-state index contributed by atoms with van der Waals surface area (Å²) < 4.78 is 15.7. The monoisotopic (exact) mass is 299 g/mol. The molecule has 0 saturated carbocycles. The Hall–Kier alpha value is -2.69. The molecule has 5 nitrogen and oxygen atoms in total. The van der Waals surface area contributed by atoms with Crippen molar-refractivity contribution < 1.29 is 19.0 Å². The van der Waals surface area contributed by atoms with Gasteiger partial charge in [-0.3, -0.25) is 4.79 Å². The number of methoxy groups -OCH3 is 1. The second-order valence-electron chi connectivity index (χ2n) is 4.96. The quantitative estimate of drug-likeness (QED) is 0.922. The topological polar surface area (TPSA) is 56.8 Å². The van der Waals surface area contributed by atoms with Crippen molar-refractivity contribution in [2.24, 2.45) is 0 Å². The van der Waals surface area contributed by atoms with Crippen LogP contribution in [0.15, 0.2) is 42.5 Å². The fourth-order valence-corrected chi connectivity index (χ4v) is 2.25. The summed E-state index contributed by atoms with van der Waals surface area (Å²) >= 11 is 0. The van der Waals surface area contributed by atoms with E-state index in [1.165, 1.54) is 0 Å². The molecule has 0 saturated heterocycles. The van der Waals surface area contributed by atoms with E-state index in [2.05, 4.69) is 5.32 Å². The molecule has 1 heterocycles. The van der Waals surface area contributed by atoms with Crippen LogP contribution in [0.3, 0.4) is 0 Å². The fourth-order valence-electron chi connectivity index (χ4n) is 2.25. The van der Waals surface area contributed by atoms with Gasteiger partial charge in [0, 0.05) is 12.1 Å². The van der Waals surface area contributed by atoms with E-state index in [-0.39, 0.29) is 12.7 Å². The molecule has 1 aliphatic rings. The maximum Gasteiger partial charge on any atom is 0.231 e. The normalized spacial score (nSPS) is 12.0. The van der Waals surface area contributed by atoms with Crippen molar-refractivity contribution >= 4 is 11.6 Å². The zero-order chi connectivity index (χ0) is 15.4. The molecule has 0 aromatic heterocycles. The van der Waals surface area contributed by atoms with Crippen LogP contribution in [0.1, 0.15) is 12.0 Å². The molecule has 5 heteroatoms. The van der Waals surface area contributed by atoms with Gasteiger partial charge in [0.05, 0.1) is 7.11 Å². The Morgan fingerprint density at radius 2 is 1.91 bits per heavy atom. The van der Waals surface area contributed by atoms with E-state index in [4.69, 9.17) is 14.2 Å². The summed E-state index contributed by atoms with van der Waals surface area (Å²) in [5.41, 5.74) is 1.81. The van der Waals surface area contributed by atoms with Crippen LogP contribution < -0.4 is 19.5 Å². The van der Waals surface area contributed by atoms with Gasteiger partial charge in [-0.25, -0.2) is 0 Å². The lowest BCUT2D eigenvalue weighted by molar-refractivity contribution is -0.116. The van der Waals surface area contributed by atoms with Crippen molar-refractivity contribution in [3.05, 3.63) is 48.0 Å². The van der Waals surface area contributed by atoms with Crippen molar-refractivity contribution in [2.45, 2.75) is 12.8 Å². The highest BCUT2D eigenvalue weighted by molar-refractivity contribution is 5.90. The number of aryl methyl sites for hydroxylation is 1. The van der Waals surface area contributed by atoms with E-state index < -0.39 is 0 Å². The Morgan fingerprint density at radius 1 is 1.14 bits per heavy atom. The van der Waals surface area contributed by atoms with Gasteiger partial charge in [-0.1, -0.05) is 6.07 Å². The number of benzene rings is 2. The van der Waals surface area contributed by atoms with E-state index in [1.807, 2.05) is 42.5 Å². The standard InChI is InChI=1S/C17H17NO4/c1-20-14-6-4-13(5-7-14)18-17(19)9-3-12-2-8-15-16(10-12)22-11-21-15/h2,4-8,10H,3,9,11H2,1H3,(H,18,19).